The van der Waals surface area contributed by atoms with Crippen molar-refractivity contribution >= 4 is 15.7 Å². The average Bonchev–Trinajstić information content (AvgIpc) is 2.26. The number of hydrogen-bond acceptors (Lipinski definition) is 3. The normalized spacial score (nSPS) is 11.8. The Kier molecular flexibility index (Phi) is 5.62. The van der Waals surface area contributed by atoms with Crippen molar-refractivity contribution in [3.8, 4) is 0 Å². The highest BCUT2D eigenvalue weighted by molar-refractivity contribution is 7.92. The predicted molar refractivity (Wildman–Crippen MR) is 76.1 cm³/mol. The molecule has 2 N–H and O–H groups in total. The number of nitrogens with one attached hydrogen (secondary N) is 2. The molecule has 0 heterocycles. The topological polar surface area (TPSA) is 58.2 Å². The minimum atomic E-state index is -3.20. The summed E-state index contributed by atoms with van der Waals surface area (Å²) in [6.07, 6.45) is 0.615. The van der Waals surface area contributed by atoms with Gasteiger partial charge in [0, 0.05) is 18.3 Å². The number of anilines is 1. The molecule has 102 valence electrons. The van der Waals surface area contributed by atoms with Crippen molar-refractivity contribution in [2.45, 2.75) is 39.8 Å². The predicted octanol–water partition coefficient (Wildman–Crippen LogP) is 2.34. The van der Waals surface area contributed by atoms with E-state index in [0.29, 0.717) is 18.2 Å². The van der Waals surface area contributed by atoms with Crippen LogP contribution < -0.4 is 10.0 Å². The molecule has 0 aliphatic carbocycles. The molecule has 0 unspecified atom stereocenters. The lowest BCUT2D eigenvalue weighted by molar-refractivity contribution is 0.589. The van der Waals surface area contributed by atoms with Crippen LogP contribution in [0.3, 0.4) is 0 Å². The maximum Gasteiger partial charge on any atom is 0.232 e. The van der Waals surface area contributed by atoms with E-state index in [1.54, 1.807) is 6.07 Å². The van der Waals surface area contributed by atoms with Crippen LogP contribution in [0, 0.1) is 0 Å². The molecule has 0 spiro atoms. The molecule has 0 fully saturated rings. The zero-order chi connectivity index (χ0) is 13.6. The van der Waals surface area contributed by atoms with Gasteiger partial charge in [-0.15, -0.1) is 0 Å². The van der Waals surface area contributed by atoms with E-state index in [0.717, 1.165) is 12.1 Å². The third kappa shape index (κ3) is 5.51. The Bertz CT molecular complexity index is 470. The Labute approximate surface area is 110 Å². The number of sulfonamides is 1. The van der Waals surface area contributed by atoms with Gasteiger partial charge in [0.05, 0.1) is 5.75 Å². The maximum absolute atomic E-state index is 11.7. The zero-order valence-corrected chi connectivity index (χ0v) is 12.0. The third-order valence-electron chi connectivity index (χ3n) is 2.39. The minimum absolute atomic E-state index is 0.154. The van der Waals surface area contributed by atoms with Crippen molar-refractivity contribution in [3.05, 3.63) is 29.8 Å². The van der Waals surface area contributed by atoms with Crippen molar-refractivity contribution in [3.63, 3.8) is 0 Å². The van der Waals surface area contributed by atoms with Crippen LogP contribution in [0.5, 0.6) is 0 Å². The highest BCUT2D eigenvalue weighted by Crippen LogP contribution is 2.13. The number of hydrogen-bond donors (Lipinski definition) is 2. The molecule has 1 aromatic carbocycles. The molecule has 1 rings (SSSR count). The molecule has 0 aliphatic rings. The summed E-state index contributed by atoms with van der Waals surface area (Å²) in [6.45, 7) is 6.74. The lowest BCUT2D eigenvalue weighted by Gasteiger charge is -2.11. The minimum Gasteiger partial charge on any atom is -0.310 e. The van der Waals surface area contributed by atoms with E-state index in [2.05, 4.69) is 23.9 Å². The highest BCUT2D eigenvalue weighted by Gasteiger charge is 2.08. The number of rotatable bonds is 7. The molecule has 18 heavy (non-hydrogen) atoms. The zero-order valence-electron chi connectivity index (χ0n) is 11.2. The van der Waals surface area contributed by atoms with E-state index < -0.39 is 10.0 Å². The summed E-state index contributed by atoms with van der Waals surface area (Å²) in [7, 11) is -3.20. The van der Waals surface area contributed by atoms with Crippen LogP contribution in [0.4, 0.5) is 5.69 Å². The standard InChI is InChI=1S/C13H22N2O2S/c1-4-8-18(16,17)15-13-7-5-6-12(9-13)10-14-11(2)3/h5-7,9,11,14-15H,4,8,10H2,1-3H3. The first kappa shape index (κ1) is 15.0. The van der Waals surface area contributed by atoms with Crippen molar-refractivity contribution in [2.75, 3.05) is 10.5 Å². The van der Waals surface area contributed by atoms with Gasteiger partial charge in [0.15, 0.2) is 0 Å². The summed E-state index contributed by atoms with van der Waals surface area (Å²) < 4.78 is 25.9. The van der Waals surface area contributed by atoms with Crippen molar-refractivity contribution < 1.29 is 8.42 Å². The Morgan fingerprint density at radius 1 is 1.28 bits per heavy atom. The molecule has 0 radical (unpaired) electrons. The SMILES string of the molecule is CCCS(=O)(=O)Nc1cccc(CNC(C)C)c1. The summed E-state index contributed by atoms with van der Waals surface area (Å²) in [5.41, 5.74) is 1.70. The van der Waals surface area contributed by atoms with Gasteiger partial charge in [-0.25, -0.2) is 8.42 Å². The van der Waals surface area contributed by atoms with Crippen LogP contribution in [0.1, 0.15) is 32.8 Å². The Morgan fingerprint density at radius 2 is 2.00 bits per heavy atom. The van der Waals surface area contributed by atoms with E-state index in [1.165, 1.54) is 0 Å². The molecule has 0 amide bonds. The first-order valence-corrected chi connectivity index (χ1v) is 7.91. The second-order valence-electron chi connectivity index (χ2n) is 4.66. The van der Waals surface area contributed by atoms with Gasteiger partial charge in [0.1, 0.15) is 0 Å². The largest absolute Gasteiger partial charge is 0.310 e. The fourth-order valence-electron chi connectivity index (χ4n) is 1.57. The van der Waals surface area contributed by atoms with E-state index >= 15 is 0 Å². The van der Waals surface area contributed by atoms with Crippen molar-refractivity contribution in [1.29, 1.82) is 0 Å². The summed E-state index contributed by atoms with van der Waals surface area (Å²) >= 11 is 0. The molecule has 0 atom stereocenters. The van der Waals surface area contributed by atoms with Gasteiger partial charge in [-0.1, -0.05) is 32.9 Å². The Balaban J connectivity index is 2.70. The quantitative estimate of drug-likeness (QED) is 0.799. The molecule has 0 aromatic heterocycles. The fraction of sp³-hybridized carbons (Fsp3) is 0.538. The average molecular weight is 270 g/mol. The molecule has 0 bridgehead atoms. The first-order valence-electron chi connectivity index (χ1n) is 6.26. The second-order valence-corrected chi connectivity index (χ2v) is 6.50. The van der Waals surface area contributed by atoms with E-state index in [4.69, 9.17) is 0 Å². The van der Waals surface area contributed by atoms with E-state index in [9.17, 15) is 8.42 Å². The summed E-state index contributed by atoms with van der Waals surface area (Å²) in [6, 6.07) is 7.88. The van der Waals surface area contributed by atoms with Gasteiger partial charge in [-0.2, -0.15) is 0 Å². The molecular formula is C13H22N2O2S. The van der Waals surface area contributed by atoms with Gasteiger partial charge >= 0.3 is 0 Å². The lowest BCUT2D eigenvalue weighted by atomic mass is 10.2. The van der Waals surface area contributed by atoms with Crippen LogP contribution >= 0.6 is 0 Å². The second kappa shape index (κ2) is 6.75. The Hall–Kier alpha value is -1.07. The van der Waals surface area contributed by atoms with Crippen LogP contribution in [0.2, 0.25) is 0 Å². The van der Waals surface area contributed by atoms with Crippen LogP contribution in [-0.2, 0) is 16.6 Å². The smallest absolute Gasteiger partial charge is 0.232 e. The monoisotopic (exact) mass is 270 g/mol. The summed E-state index contributed by atoms with van der Waals surface area (Å²) in [5.74, 6) is 0.154. The van der Waals surface area contributed by atoms with Gasteiger partial charge < -0.3 is 5.32 Å². The molecule has 0 saturated carbocycles. The van der Waals surface area contributed by atoms with Gasteiger partial charge in [-0.05, 0) is 24.1 Å². The van der Waals surface area contributed by atoms with E-state index in [1.807, 2.05) is 25.1 Å². The van der Waals surface area contributed by atoms with Crippen LogP contribution in [0.15, 0.2) is 24.3 Å². The Morgan fingerprint density at radius 3 is 2.61 bits per heavy atom. The van der Waals surface area contributed by atoms with Gasteiger partial charge in [0.25, 0.3) is 0 Å². The maximum atomic E-state index is 11.7. The van der Waals surface area contributed by atoms with Crippen LogP contribution in [-0.4, -0.2) is 20.2 Å². The highest BCUT2D eigenvalue weighted by atomic mass is 32.2. The molecule has 4 nitrogen and oxygen atoms in total. The van der Waals surface area contributed by atoms with Crippen molar-refractivity contribution in [1.82, 2.24) is 5.32 Å². The van der Waals surface area contributed by atoms with Crippen LogP contribution in [0.25, 0.3) is 0 Å². The summed E-state index contributed by atoms with van der Waals surface area (Å²) in [4.78, 5) is 0. The summed E-state index contributed by atoms with van der Waals surface area (Å²) in [5, 5.41) is 3.30. The number of benzene rings is 1. The lowest BCUT2D eigenvalue weighted by Crippen LogP contribution is -2.22. The molecular weight excluding hydrogens is 248 g/mol. The van der Waals surface area contributed by atoms with E-state index in [-0.39, 0.29) is 5.75 Å². The fourth-order valence-corrected chi connectivity index (χ4v) is 2.69. The molecule has 1 aromatic rings. The van der Waals surface area contributed by atoms with Crippen molar-refractivity contribution in [2.24, 2.45) is 0 Å². The molecule has 0 saturated heterocycles. The molecule has 5 heteroatoms. The van der Waals surface area contributed by atoms with Gasteiger partial charge in [-0.3, -0.25) is 4.72 Å². The molecule has 0 aliphatic heterocycles. The first-order chi connectivity index (χ1) is 8.43. The van der Waals surface area contributed by atoms with Gasteiger partial charge in [0.2, 0.25) is 10.0 Å². The third-order valence-corrected chi connectivity index (χ3v) is 3.88.